The molecule has 0 aromatic heterocycles. The van der Waals surface area contributed by atoms with Gasteiger partial charge in [-0.2, -0.15) is 0 Å². The number of thiocarbonyl (C=S) groups is 1. The molecule has 142 valence electrons. The number of carbonyl (C=O) groups excluding carboxylic acids is 1. The Kier molecular flexibility index (Phi) is 6.46. The van der Waals surface area contributed by atoms with E-state index in [4.69, 9.17) is 35.4 Å². The molecule has 0 saturated carbocycles. The van der Waals surface area contributed by atoms with Gasteiger partial charge in [-0.05, 0) is 66.8 Å². The van der Waals surface area contributed by atoms with Crippen LogP contribution in [0.25, 0.3) is 0 Å². The van der Waals surface area contributed by atoms with Crippen LogP contribution in [0.5, 0.6) is 0 Å². The Balaban J connectivity index is 1.61. The Labute approximate surface area is 176 Å². The Morgan fingerprint density at radius 1 is 0.857 bits per heavy atom. The normalized spacial score (nSPS) is 10.2. The number of nitrogens with one attached hydrogen (secondary N) is 3. The lowest BCUT2D eigenvalue weighted by Crippen LogP contribution is -2.19. The van der Waals surface area contributed by atoms with Gasteiger partial charge in [0.1, 0.15) is 5.82 Å². The van der Waals surface area contributed by atoms with Crippen LogP contribution in [-0.4, -0.2) is 11.0 Å². The van der Waals surface area contributed by atoms with Gasteiger partial charge >= 0.3 is 0 Å². The number of rotatable bonds is 4. The Bertz CT molecular complexity index is 1030. The van der Waals surface area contributed by atoms with E-state index in [2.05, 4.69) is 16.0 Å². The van der Waals surface area contributed by atoms with E-state index in [0.29, 0.717) is 32.2 Å². The van der Waals surface area contributed by atoms with Gasteiger partial charge in [0, 0.05) is 16.4 Å². The lowest BCUT2D eigenvalue weighted by atomic mass is 10.2. The van der Waals surface area contributed by atoms with Crippen LogP contribution in [0, 0.1) is 5.82 Å². The summed E-state index contributed by atoms with van der Waals surface area (Å²) in [5, 5.41) is 9.96. The Morgan fingerprint density at radius 3 is 2.18 bits per heavy atom. The first-order valence-corrected chi connectivity index (χ1v) is 9.28. The first-order valence-electron chi connectivity index (χ1n) is 8.11. The third-order valence-electron chi connectivity index (χ3n) is 3.70. The molecule has 0 fully saturated rings. The van der Waals surface area contributed by atoms with Crippen LogP contribution in [-0.2, 0) is 0 Å². The summed E-state index contributed by atoms with van der Waals surface area (Å²) in [6, 6.07) is 17.6. The second kappa shape index (κ2) is 9.01. The molecule has 3 aromatic carbocycles. The molecule has 8 heteroatoms. The molecule has 3 aromatic rings. The first kappa shape index (κ1) is 20.1. The zero-order valence-electron chi connectivity index (χ0n) is 14.3. The van der Waals surface area contributed by atoms with Crippen molar-refractivity contribution in [2.45, 2.75) is 0 Å². The molecule has 1 amide bonds. The summed E-state index contributed by atoms with van der Waals surface area (Å²) in [6.07, 6.45) is 0. The van der Waals surface area contributed by atoms with E-state index in [0.717, 1.165) is 0 Å². The quantitative estimate of drug-likeness (QED) is 0.429. The number of halogens is 3. The monoisotopic (exact) mass is 433 g/mol. The molecule has 0 spiro atoms. The van der Waals surface area contributed by atoms with Gasteiger partial charge in [-0.25, -0.2) is 4.39 Å². The van der Waals surface area contributed by atoms with E-state index >= 15 is 0 Å². The van der Waals surface area contributed by atoms with Crippen molar-refractivity contribution in [3.05, 3.63) is 88.2 Å². The highest BCUT2D eigenvalue weighted by molar-refractivity contribution is 7.80. The summed E-state index contributed by atoms with van der Waals surface area (Å²) in [6.45, 7) is 0. The van der Waals surface area contributed by atoms with Crippen molar-refractivity contribution in [3.8, 4) is 0 Å². The van der Waals surface area contributed by atoms with Gasteiger partial charge in [-0.15, -0.1) is 0 Å². The molecular weight excluding hydrogens is 420 g/mol. The predicted molar refractivity (Wildman–Crippen MR) is 117 cm³/mol. The molecule has 0 saturated heterocycles. The lowest BCUT2D eigenvalue weighted by Gasteiger charge is -2.13. The third kappa shape index (κ3) is 5.19. The number of anilines is 3. The van der Waals surface area contributed by atoms with E-state index < -0.39 is 11.7 Å². The standard InChI is InChI=1S/C20H14Cl2FN3OS/c21-12-5-10-16(22)18(11-12)26-20(28)25-14-8-6-13(7-9-14)24-19(27)15-3-1-2-4-17(15)23/h1-11H,(H,24,27)(H2,25,26,28). The van der Waals surface area contributed by atoms with Crippen LogP contribution in [0.3, 0.4) is 0 Å². The molecule has 0 radical (unpaired) electrons. The van der Waals surface area contributed by atoms with E-state index in [-0.39, 0.29) is 5.56 Å². The summed E-state index contributed by atoms with van der Waals surface area (Å²) in [5.41, 5.74) is 1.78. The number of benzene rings is 3. The van der Waals surface area contributed by atoms with Crippen LogP contribution in [0.1, 0.15) is 10.4 Å². The lowest BCUT2D eigenvalue weighted by molar-refractivity contribution is 0.102. The minimum absolute atomic E-state index is 0.0199. The Morgan fingerprint density at radius 2 is 1.50 bits per heavy atom. The maximum atomic E-state index is 13.7. The van der Waals surface area contributed by atoms with E-state index in [9.17, 15) is 9.18 Å². The van der Waals surface area contributed by atoms with Crippen LogP contribution < -0.4 is 16.0 Å². The van der Waals surface area contributed by atoms with Gasteiger partial charge in [-0.3, -0.25) is 4.79 Å². The van der Waals surface area contributed by atoms with Gasteiger partial charge in [0.05, 0.1) is 16.3 Å². The molecular formula is C20H14Cl2FN3OS. The highest BCUT2D eigenvalue weighted by atomic mass is 35.5. The fourth-order valence-electron chi connectivity index (χ4n) is 2.36. The summed E-state index contributed by atoms with van der Waals surface area (Å²) >= 11 is 17.3. The molecule has 4 nitrogen and oxygen atoms in total. The maximum absolute atomic E-state index is 13.7. The average molecular weight is 434 g/mol. The number of hydrogen-bond donors (Lipinski definition) is 3. The van der Waals surface area contributed by atoms with Crippen LogP contribution in [0.2, 0.25) is 10.0 Å². The van der Waals surface area contributed by atoms with Crippen molar-refractivity contribution >= 4 is 63.5 Å². The van der Waals surface area contributed by atoms with Crippen LogP contribution in [0.4, 0.5) is 21.5 Å². The smallest absolute Gasteiger partial charge is 0.258 e. The summed E-state index contributed by atoms with van der Waals surface area (Å²) < 4.78 is 13.7. The largest absolute Gasteiger partial charge is 0.332 e. The van der Waals surface area contributed by atoms with E-state index in [1.54, 1.807) is 48.5 Å². The zero-order valence-corrected chi connectivity index (χ0v) is 16.6. The molecule has 0 heterocycles. The number of carbonyl (C=O) groups is 1. The molecule has 0 aliphatic heterocycles. The van der Waals surface area contributed by atoms with Crippen LogP contribution >= 0.6 is 35.4 Å². The number of hydrogen-bond acceptors (Lipinski definition) is 2. The highest BCUT2D eigenvalue weighted by Gasteiger charge is 2.11. The molecule has 28 heavy (non-hydrogen) atoms. The first-order chi connectivity index (χ1) is 13.4. The topological polar surface area (TPSA) is 53.2 Å². The van der Waals surface area contributed by atoms with Gasteiger partial charge in [0.25, 0.3) is 5.91 Å². The van der Waals surface area contributed by atoms with Gasteiger partial charge in [-0.1, -0.05) is 35.3 Å². The zero-order chi connectivity index (χ0) is 20.1. The SMILES string of the molecule is O=C(Nc1ccc(NC(=S)Nc2cc(Cl)ccc2Cl)cc1)c1ccccc1F. The molecule has 0 aliphatic carbocycles. The van der Waals surface area contributed by atoms with Crippen molar-refractivity contribution < 1.29 is 9.18 Å². The fraction of sp³-hybridized carbons (Fsp3) is 0. The van der Waals surface area contributed by atoms with E-state index in [1.807, 2.05) is 0 Å². The maximum Gasteiger partial charge on any atom is 0.258 e. The third-order valence-corrected chi connectivity index (χ3v) is 4.46. The van der Waals surface area contributed by atoms with Crippen molar-refractivity contribution in [1.29, 1.82) is 0 Å². The van der Waals surface area contributed by atoms with Crippen molar-refractivity contribution in [2.75, 3.05) is 16.0 Å². The van der Waals surface area contributed by atoms with E-state index in [1.165, 1.54) is 18.2 Å². The number of amides is 1. The predicted octanol–water partition coefficient (Wildman–Crippen LogP) is 6.19. The summed E-state index contributed by atoms with van der Waals surface area (Å²) in [4.78, 5) is 12.1. The van der Waals surface area contributed by atoms with Gasteiger partial charge in [0.15, 0.2) is 5.11 Å². The van der Waals surface area contributed by atoms with Crippen molar-refractivity contribution in [2.24, 2.45) is 0 Å². The van der Waals surface area contributed by atoms with Crippen molar-refractivity contribution in [3.63, 3.8) is 0 Å². The molecule has 0 aliphatic rings. The van der Waals surface area contributed by atoms with Gasteiger partial charge in [0.2, 0.25) is 0 Å². The Hall–Kier alpha value is -2.67. The summed E-state index contributed by atoms with van der Waals surface area (Å²) in [5.74, 6) is -1.10. The minimum Gasteiger partial charge on any atom is -0.332 e. The fourth-order valence-corrected chi connectivity index (χ4v) is 2.92. The molecule has 3 rings (SSSR count). The molecule has 3 N–H and O–H groups in total. The highest BCUT2D eigenvalue weighted by Crippen LogP contribution is 2.25. The molecule has 0 bridgehead atoms. The molecule has 0 atom stereocenters. The second-order valence-corrected chi connectivity index (χ2v) is 6.97. The van der Waals surface area contributed by atoms with Gasteiger partial charge < -0.3 is 16.0 Å². The minimum atomic E-state index is -0.575. The second-order valence-electron chi connectivity index (χ2n) is 5.71. The molecule has 0 unspecified atom stereocenters. The van der Waals surface area contributed by atoms with Crippen LogP contribution in [0.15, 0.2) is 66.7 Å². The van der Waals surface area contributed by atoms with Crippen molar-refractivity contribution in [1.82, 2.24) is 0 Å². The average Bonchev–Trinajstić information content (AvgIpc) is 2.66. The summed E-state index contributed by atoms with van der Waals surface area (Å²) in [7, 11) is 0.